The smallest absolute Gasteiger partial charge is 0.213 e. The first kappa shape index (κ1) is 9.44. The normalized spacial score (nSPS) is 23.2. The lowest BCUT2D eigenvalue weighted by atomic mass is 10.3. The summed E-state index contributed by atoms with van der Waals surface area (Å²) in [6, 6.07) is 0. The Kier molecular flexibility index (Phi) is 3.46. The van der Waals surface area contributed by atoms with Gasteiger partial charge in [0.25, 0.3) is 0 Å². The minimum Gasteiger partial charge on any atom is -0.367 e. The standard InChI is InChI=1S/C6H9N3O2.ClH/c1-2-10-5(3-7-1)6-8-4-11-9-6;/h4-5,7H,1-3H2;1H. The first-order valence-corrected chi connectivity index (χ1v) is 3.55. The molecule has 2 heterocycles. The van der Waals surface area contributed by atoms with Crippen LogP contribution in [0.5, 0.6) is 0 Å². The predicted molar refractivity (Wildman–Crippen MR) is 43.1 cm³/mol. The highest BCUT2D eigenvalue weighted by molar-refractivity contribution is 5.85. The van der Waals surface area contributed by atoms with Crippen molar-refractivity contribution in [1.82, 2.24) is 15.5 Å². The Morgan fingerprint density at radius 3 is 3.08 bits per heavy atom. The fraction of sp³-hybridized carbons (Fsp3) is 0.667. The first-order chi connectivity index (χ1) is 5.47. The molecule has 0 saturated carbocycles. The molecule has 1 aromatic rings. The summed E-state index contributed by atoms with van der Waals surface area (Å²) >= 11 is 0. The highest BCUT2D eigenvalue weighted by Gasteiger charge is 2.18. The number of rotatable bonds is 1. The first-order valence-electron chi connectivity index (χ1n) is 3.55. The average Bonchev–Trinajstić information content (AvgIpc) is 2.58. The van der Waals surface area contributed by atoms with Crippen LogP contribution in [-0.2, 0) is 4.74 Å². The van der Waals surface area contributed by atoms with E-state index in [9.17, 15) is 0 Å². The lowest BCUT2D eigenvalue weighted by molar-refractivity contribution is 0.0208. The molecule has 0 aromatic carbocycles. The van der Waals surface area contributed by atoms with Crippen LogP contribution in [0, 0.1) is 0 Å². The molecule has 0 bridgehead atoms. The van der Waals surface area contributed by atoms with Crippen LogP contribution in [0.1, 0.15) is 11.9 Å². The SMILES string of the molecule is Cl.c1nc(C2CNCCO2)no1. The molecule has 0 amide bonds. The maximum atomic E-state index is 5.37. The van der Waals surface area contributed by atoms with E-state index >= 15 is 0 Å². The van der Waals surface area contributed by atoms with Crippen LogP contribution >= 0.6 is 12.4 Å². The van der Waals surface area contributed by atoms with Crippen molar-refractivity contribution >= 4 is 12.4 Å². The van der Waals surface area contributed by atoms with Crippen molar-refractivity contribution in [3.8, 4) is 0 Å². The minimum absolute atomic E-state index is 0. The maximum Gasteiger partial charge on any atom is 0.213 e. The van der Waals surface area contributed by atoms with Crippen LogP contribution in [0.4, 0.5) is 0 Å². The fourth-order valence-corrected chi connectivity index (χ4v) is 1.05. The lowest BCUT2D eigenvalue weighted by Gasteiger charge is -2.20. The van der Waals surface area contributed by atoms with Gasteiger partial charge in [-0.2, -0.15) is 4.98 Å². The van der Waals surface area contributed by atoms with E-state index in [0.717, 1.165) is 13.1 Å². The number of ether oxygens (including phenoxy) is 1. The number of morpholine rings is 1. The summed E-state index contributed by atoms with van der Waals surface area (Å²) in [6.07, 6.45) is 1.27. The molecule has 1 saturated heterocycles. The Hall–Kier alpha value is -0.650. The second-order valence-electron chi connectivity index (χ2n) is 2.35. The van der Waals surface area contributed by atoms with E-state index < -0.39 is 0 Å². The number of nitrogens with one attached hydrogen (secondary N) is 1. The Morgan fingerprint density at radius 2 is 2.50 bits per heavy atom. The molecular formula is C6H10ClN3O2. The van der Waals surface area contributed by atoms with Crippen LogP contribution in [0.2, 0.25) is 0 Å². The number of hydrogen-bond donors (Lipinski definition) is 1. The van der Waals surface area contributed by atoms with E-state index in [-0.39, 0.29) is 18.5 Å². The Labute approximate surface area is 75.9 Å². The van der Waals surface area contributed by atoms with Crippen molar-refractivity contribution in [2.45, 2.75) is 6.10 Å². The summed E-state index contributed by atoms with van der Waals surface area (Å²) in [6.45, 7) is 2.37. The van der Waals surface area contributed by atoms with Crippen molar-refractivity contribution in [2.75, 3.05) is 19.7 Å². The van der Waals surface area contributed by atoms with Gasteiger partial charge < -0.3 is 14.6 Å². The van der Waals surface area contributed by atoms with Crippen LogP contribution in [0.25, 0.3) is 0 Å². The van der Waals surface area contributed by atoms with Crippen LogP contribution < -0.4 is 5.32 Å². The van der Waals surface area contributed by atoms with Crippen molar-refractivity contribution in [3.63, 3.8) is 0 Å². The lowest BCUT2D eigenvalue weighted by Crippen LogP contribution is -2.33. The van der Waals surface area contributed by atoms with Crippen molar-refractivity contribution in [1.29, 1.82) is 0 Å². The minimum atomic E-state index is -0.0394. The third-order valence-electron chi connectivity index (χ3n) is 1.59. The monoisotopic (exact) mass is 191 g/mol. The van der Waals surface area contributed by atoms with Gasteiger partial charge in [0.05, 0.1) is 6.61 Å². The molecule has 5 nitrogen and oxygen atoms in total. The largest absolute Gasteiger partial charge is 0.367 e. The molecule has 1 atom stereocenters. The molecule has 0 spiro atoms. The number of aromatic nitrogens is 2. The molecule has 1 aliphatic rings. The maximum absolute atomic E-state index is 5.37. The van der Waals surface area contributed by atoms with Crippen molar-refractivity contribution < 1.29 is 9.26 Å². The molecule has 1 fully saturated rings. The van der Waals surface area contributed by atoms with E-state index in [2.05, 4.69) is 20.0 Å². The molecule has 12 heavy (non-hydrogen) atoms. The Bertz CT molecular complexity index is 211. The summed E-state index contributed by atoms with van der Waals surface area (Å²) in [5, 5.41) is 6.87. The Balaban J connectivity index is 0.000000720. The third-order valence-corrected chi connectivity index (χ3v) is 1.59. The molecular weight excluding hydrogens is 182 g/mol. The third kappa shape index (κ3) is 1.94. The van der Waals surface area contributed by atoms with E-state index in [0.29, 0.717) is 12.4 Å². The zero-order valence-electron chi connectivity index (χ0n) is 6.40. The molecule has 2 rings (SSSR count). The molecule has 0 radical (unpaired) electrons. The molecule has 0 aliphatic carbocycles. The molecule has 6 heteroatoms. The summed E-state index contributed by atoms with van der Waals surface area (Å²) in [4.78, 5) is 3.90. The van der Waals surface area contributed by atoms with Gasteiger partial charge >= 0.3 is 0 Å². The average molecular weight is 192 g/mol. The van der Waals surface area contributed by atoms with Crippen molar-refractivity contribution in [3.05, 3.63) is 12.2 Å². The van der Waals surface area contributed by atoms with Gasteiger partial charge in [0, 0.05) is 13.1 Å². The van der Waals surface area contributed by atoms with Gasteiger partial charge in [-0.1, -0.05) is 5.16 Å². The second-order valence-corrected chi connectivity index (χ2v) is 2.35. The highest BCUT2D eigenvalue weighted by atomic mass is 35.5. The zero-order chi connectivity index (χ0) is 7.52. The summed E-state index contributed by atoms with van der Waals surface area (Å²) in [5.74, 6) is 0.622. The van der Waals surface area contributed by atoms with Gasteiger partial charge in [-0.15, -0.1) is 12.4 Å². The van der Waals surface area contributed by atoms with Gasteiger partial charge in [-0.05, 0) is 0 Å². The molecule has 68 valence electrons. The van der Waals surface area contributed by atoms with Gasteiger partial charge in [0.2, 0.25) is 12.2 Å². The summed E-state index contributed by atoms with van der Waals surface area (Å²) in [7, 11) is 0. The van der Waals surface area contributed by atoms with Gasteiger partial charge in [-0.3, -0.25) is 0 Å². The number of hydrogen-bond acceptors (Lipinski definition) is 5. The van der Waals surface area contributed by atoms with Gasteiger partial charge in [0.15, 0.2) is 0 Å². The molecule has 1 aliphatic heterocycles. The number of halogens is 1. The molecule has 1 aromatic heterocycles. The quantitative estimate of drug-likeness (QED) is 0.685. The van der Waals surface area contributed by atoms with E-state index in [4.69, 9.17) is 4.74 Å². The van der Waals surface area contributed by atoms with Crippen LogP contribution in [0.3, 0.4) is 0 Å². The van der Waals surface area contributed by atoms with Gasteiger partial charge in [-0.25, -0.2) is 0 Å². The van der Waals surface area contributed by atoms with Crippen LogP contribution in [-0.4, -0.2) is 29.8 Å². The topological polar surface area (TPSA) is 60.2 Å². The van der Waals surface area contributed by atoms with E-state index in [1.807, 2.05) is 0 Å². The second kappa shape index (κ2) is 4.39. The van der Waals surface area contributed by atoms with Crippen LogP contribution in [0.15, 0.2) is 10.9 Å². The van der Waals surface area contributed by atoms with Gasteiger partial charge in [0.1, 0.15) is 6.10 Å². The van der Waals surface area contributed by atoms with Crippen molar-refractivity contribution in [2.24, 2.45) is 0 Å². The predicted octanol–water partition coefficient (Wildman–Crippen LogP) is 0.152. The zero-order valence-corrected chi connectivity index (χ0v) is 7.21. The summed E-state index contributed by atoms with van der Waals surface area (Å²) in [5.41, 5.74) is 0. The number of nitrogens with zero attached hydrogens (tertiary/aromatic N) is 2. The molecule has 1 N–H and O–H groups in total. The Morgan fingerprint density at radius 1 is 1.58 bits per heavy atom. The van der Waals surface area contributed by atoms with E-state index in [1.54, 1.807) is 0 Å². The van der Waals surface area contributed by atoms with E-state index in [1.165, 1.54) is 6.39 Å². The summed E-state index contributed by atoms with van der Waals surface area (Å²) < 4.78 is 9.97. The fourth-order valence-electron chi connectivity index (χ4n) is 1.05. The highest BCUT2D eigenvalue weighted by Crippen LogP contribution is 2.12. The molecule has 1 unspecified atom stereocenters.